The predicted molar refractivity (Wildman–Crippen MR) is 68.0 cm³/mol. The summed E-state index contributed by atoms with van der Waals surface area (Å²) in [6.07, 6.45) is 6.64. The van der Waals surface area contributed by atoms with E-state index in [1.807, 2.05) is 11.9 Å². The van der Waals surface area contributed by atoms with Crippen molar-refractivity contribution < 1.29 is 8.42 Å². The zero-order valence-electron chi connectivity index (χ0n) is 10.3. The molecule has 0 unspecified atom stereocenters. The lowest BCUT2D eigenvalue weighted by Gasteiger charge is -2.31. The molecule has 0 amide bonds. The summed E-state index contributed by atoms with van der Waals surface area (Å²) in [6, 6.07) is 3.28. The lowest BCUT2D eigenvalue weighted by molar-refractivity contribution is 0.320. The molecule has 0 bridgehead atoms. The summed E-state index contributed by atoms with van der Waals surface area (Å²) < 4.78 is 23.3. The zero-order chi connectivity index (χ0) is 12.5. The van der Waals surface area contributed by atoms with E-state index in [0.717, 1.165) is 6.54 Å². The minimum absolute atomic E-state index is 0.321. The van der Waals surface area contributed by atoms with E-state index in [2.05, 4.69) is 4.98 Å². The first-order valence-electron chi connectivity index (χ1n) is 5.84. The molecule has 0 spiro atoms. The first kappa shape index (κ1) is 12.4. The number of sulfone groups is 1. The molecule has 1 aliphatic carbocycles. The highest BCUT2D eigenvalue weighted by atomic mass is 32.2. The Balaban J connectivity index is 2.24. The molecular weight excluding hydrogens is 236 g/mol. The van der Waals surface area contributed by atoms with Crippen LogP contribution >= 0.6 is 0 Å². The van der Waals surface area contributed by atoms with Crippen molar-refractivity contribution in [2.24, 2.45) is 5.92 Å². The first-order valence-corrected chi connectivity index (χ1v) is 7.74. The average Bonchev–Trinajstić information content (AvgIpc) is 2.22. The van der Waals surface area contributed by atoms with Gasteiger partial charge in [0, 0.05) is 26.0 Å². The molecule has 1 heterocycles. The van der Waals surface area contributed by atoms with Gasteiger partial charge in [-0.05, 0) is 30.9 Å². The van der Waals surface area contributed by atoms with Crippen LogP contribution in [0.5, 0.6) is 0 Å². The normalized spacial score (nSPS) is 16.6. The van der Waals surface area contributed by atoms with Gasteiger partial charge in [-0.3, -0.25) is 0 Å². The van der Waals surface area contributed by atoms with Crippen molar-refractivity contribution in [1.29, 1.82) is 0 Å². The lowest BCUT2D eigenvalue weighted by atomic mass is 9.85. The van der Waals surface area contributed by atoms with Crippen LogP contribution in [0.15, 0.2) is 23.2 Å². The second kappa shape index (κ2) is 4.64. The van der Waals surface area contributed by atoms with Crippen LogP contribution in [0.2, 0.25) is 0 Å². The highest BCUT2D eigenvalue weighted by molar-refractivity contribution is 7.90. The van der Waals surface area contributed by atoms with E-state index in [4.69, 9.17) is 0 Å². The molecule has 0 saturated heterocycles. The molecule has 1 aliphatic rings. The van der Waals surface area contributed by atoms with E-state index in [0.29, 0.717) is 16.6 Å². The number of hydrogen-bond donors (Lipinski definition) is 0. The SMILES string of the molecule is CN(CC1CCC1)c1ncccc1S(C)(=O)=O. The third kappa shape index (κ3) is 2.77. The standard InChI is InChI=1S/C12H18N2O2S/c1-14(9-10-5-3-6-10)12-11(17(2,15)16)7-4-8-13-12/h4,7-8,10H,3,5-6,9H2,1-2H3. The number of anilines is 1. The number of rotatable bonds is 4. The summed E-state index contributed by atoms with van der Waals surface area (Å²) in [7, 11) is -1.30. The Morgan fingerprint density at radius 1 is 1.47 bits per heavy atom. The van der Waals surface area contributed by atoms with Crippen molar-refractivity contribution in [2.45, 2.75) is 24.2 Å². The second-order valence-electron chi connectivity index (χ2n) is 4.77. The Labute approximate surface area is 103 Å². The summed E-state index contributed by atoms with van der Waals surface area (Å²) in [4.78, 5) is 6.48. The molecule has 1 fully saturated rings. The van der Waals surface area contributed by atoms with Crippen molar-refractivity contribution in [2.75, 3.05) is 24.7 Å². The molecule has 4 nitrogen and oxygen atoms in total. The van der Waals surface area contributed by atoms with Crippen molar-refractivity contribution in [3.8, 4) is 0 Å². The Hall–Kier alpha value is -1.10. The quantitative estimate of drug-likeness (QED) is 0.821. The minimum atomic E-state index is -3.21. The molecule has 1 saturated carbocycles. The van der Waals surface area contributed by atoms with Crippen LogP contribution in [0.25, 0.3) is 0 Å². The molecule has 0 aromatic carbocycles. The zero-order valence-corrected chi connectivity index (χ0v) is 11.1. The monoisotopic (exact) mass is 254 g/mol. The van der Waals surface area contributed by atoms with E-state index in [9.17, 15) is 8.42 Å². The molecule has 1 aromatic heterocycles. The van der Waals surface area contributed by atoms with Crippen molar-refractivity contribution >= 4 is 15.7 Å². The fourth-order valence-electron chi connectivity index (χ4n) is 2.11. The summed E-state index contributed by atoms with van der Waals surface area (Å²) >= 11 is 0. The van der Waals surface area contributed by atoms with Gasteiger partial charge in [0.25, 0.3) is 0 Å². The van der Waals surface area contributed by atoms with Crippen LogP contribution in [0, 0.1) is 5.92 Å². The number of hydrogen-bond acceptors (Lipinski definition) is 4. The Bertz CT molecular complexity index is 495. The topological polar surface area (TPSA) is 50.3 Å². The van der Waals surface area contributed by atoms with Gasteiger partial charge in [0.05, 0.1) is 0 Å². The summed E-state index contributed by atoms with van der Waals surface area (Å²) in [5.74, 6) is 1.26. The highest BCUT2D eigenvalue weighted by Gasteiger charge is 2.22. The van der Waals surface area contributed by atoms with Crippen molar-refractivity contribution in [3.63, 3.8) is 0 Å². The molecule has 0 radical (unpaired) electrons. The predicted octanol–water partition coefficient (Wildman–Crippen LogP) is 1.72. The Morgan fingerprint density at radius 2 is 2.18 bits per heavy atom. The van der Waals surface area contributed by atoms with Crippen LogP contribution in [0.3, 0.4) is 0 Å². The summed E-state index contributed by atoms with van der Waals surface area (Å²) in [5.41, 5.74) is 0. The van der Waals surface area contributed by atoms with Crippen LogP contribution < -0.4 is 4.90 Å². The molecule has 2 rings (SSSR count). The molecule has 0 aliphatic heterocycles. The second-order valence-corrected chi connectivity index (χ2v) is 6.76. The molecule has 0 atom stereocenters. The van der Waals surface area contributed by atoms with Gasteiger partial charge in [0.2, 0.25) is 0 Å². The van der Waals surface area contributed by atoms with Gasteiger partial charge in [-0.2, -0.15) is 0 Å². The molecule has 1 aromatic rings. The molecule has 94 valence electrons. The van der Waals surface area contributed by atoms with Crippen LogP contribution in [0.4, 0.5) is 5.82 Å². The Kier molecular flexibility index (Phi) is 3.38. The van der Waals surface area contributed by atoms with Crippen LogP contribution in [-0.4, -0.2) is 33.2 Å². The maximum Gasteiger partial charge on any atom is 0.179 e. The highest BCUT2D eigenvalue weighted by Crippen LogP contribution is 2.29. The maximum absolute atomic E-state index is 11.7. The van der Waals surface area contributed by atoms with E-state index in [1.165, 1.54) is 25.5 Å². The van der Waals surface area contributed by atoms with Crippen molar-refractivity contribution in [1.82, 2.24) is 4.98 Å². The fourth-order valence-corrected chi connectivity index (χ4v) is 2.97. The molecular formula is C12H18N2O2S. The third-order valence-electron chi connectivity index (χ3n) is 3.27. The average molecular weight is 254 g/mol. The molecule has 5 heteroatoms. The van der Waals surface area contributed by atoms with E-state index in [-0.39, 0.29) is 0 Å². The van der Waals surface area contributed by atoms with Crippen LogP contribution in [-0.2, 0) is 9.84 Å². The van der Waals surface area contributed by atoms with Crippen molar-refractivity contribution in [3.05, 3.63) is 18.3 Å². The maximum atomic E-state index is 11.7. The lowest BCUT2D eigenvalue weighted by Crippen LogP contribution is -2.30. The summed E-state index contributed by atoms with van der Waals surface area (Å²) in [6.45, 7) is 0.888. The van der Waals surface area contributed by atoms with Crippen LogP contribution in [0.1, 0.15) is 19.3 Å². The Morgan fingerprint density at radius 3 is 2.71 bits per heavy atom. The van der Waals surface area contributed by atoms with Gasteiger partial charge in [-0.1, -0.05) is 6.42 Å². The third-order valence-corrected chi connectivity index (χ3v) is 4.39. The van der Waals surface area contributed by atoms with Gasteiger partial charge in [-0.25, -0.2) is 13.4 Å². The largest absolute Gasteiger partial charge is 0.358 e. The number of pyridine rings is 1. The number of aromatic nitrogens is 1. The fraction of sp³-hybridized carbons (Fsp3) is 0.583. The van der Waals surface area contributed by atoms with Gasteiger partial charge < -0.3 is 4.90 Å². The van der Waals surface area contributed by atoms with Gasteiger partial charge in [-0.15, -0.1) is 0 Å². The molecule has 17 heavy (non-hydrogen) atoms. The molecule has 0 N–H and O–H groups in total. The van der Waals surface area contributed by atoms with Gasteiger partial charge in [0.15, 0.2) is 9.84 Å². The first-order chi connectivity index (χ1) is 7.98. The number of nitrogens with zero attached hydrogens (tertiary/aromatic N) is 2. The van der Waals surface area contributed by atoms with E-state index in [1.54, 1.807) is 18.3 Å². The summed E-state index contributed by atoms with van der Waals surface area (Å²) in [5, 5.41) is 0. The van der Waals surface area contributed by atoms with E-state index >= 15 is 0 Å². The van der Waals surface area contributed by atoms with E-state index < -0.39 is 9.84 Å². The minimum Gasteiger partial charge on any atom is -0.358 e. The smallest absolute Gasteiger partial charge is 0.179 e. The van der Waals surface area contributed by atoms with Gasteiger partial charge in [0.1, 0.15) is 10.7 Å². The van der Waals surface area contributed by atoms with Gasteiger partial charge >= 0.3 is 0 Å².